The minimum absolute atomic E-state index is 0.0900. The third kappa shape index (κ3) is 3.76. The average Bonchev–Trinajstić information content (AvgIpc) is 2.44. The van der Waals surface area contributed by atoms with E-state index < -0.39 is 4.92 Å². The summed E-state index contributed by atoms with van der Waals surface area (Å²) in [6, 6.07) is 6.37. The number of hydrogen-bond donors (Lipinski definition) is 1. The van der Waals surface area contributed by atoms with Crippen LogP contribution in [0.5, 0.6) is 0 Å². The summed E-state index contributed by atoms with van der Waals surface area (Å²) in [7, 11) is 0. The highest BCUT2D eigenvalue weighted by molar-refractivity contribution is 6.32. The van der Waals surface area contributed by atoms with Gasteiger partial charge < -0.3 is 0 Å². The van der Waals surface area contributed by atoms with Crippen molar-refractivity contribution in [1.82, 2.24) is 9.97 Å². The molecule has 0 saturated heterocycles. The molecule has 1 aromatic carbocycles. The number of aromatic nitrogens is 2. The molecule has 0 bridgehead atoms. The number of benzene rings is 1. The number of nitro groups is 1. The van der Waals surface area contributed by atoms with Crippen LogP contribution in [0.4, 0.5) is 11.6 Å². The van der Waals surface area contributed by atoms with Gasteiger partial charge in [-0.1, -0.05) is 17.7 Å². The quantitative estimate of drug-likeness (QED) is 0.529. The molecule has 0 unspecified atom stereocenters. The first-order valence-corrected chi connectivity index (χ1v) is 6.81. The van der Waals surface area contributed by atoms with Crippen molar-refractivity contribution >= 4 is 28.9 Å². The van der Waals surface area contributed by atoms with E-state index in [0.717, 1.165) is 11.4 Å². The van der Waals surface area contributed by atoms with Gasteiger partial charge in [-0.3, -0.25) is 10.1 Å². The van der Waals surface area contributed by atoms with E-state index in [0.29, 0.717) is 17.2 Å². The molecular weight excluding hydrogens is 306 g/mol. The first-order chi connectivity index (χ1) is 10.4. The highest BCUT2D eigenvalue weighted by Crippen LogP contribution is 2.25. The summed E-state index contributed by atoms with van der Waals surface area (Å²) in [5.74, 6) is 0.375. The third-order valence-electron chi connectivity index (χ3n) is 2.87. The molecule has 0 aliphatic heterocycles. The van der Waals surface area contributed by atoms with Gasteiger partial charge in [0, 0.05) is 23.0 Å². The lowest BCUT2D eigenvalue weighted by Crippen LogP contribution is -2.04. The van der Waals surface area contributed by atoms with Crippen LogP contribution in [0.15, 0.2) is 29.4 Å². The summed E-state index contributed by atoms with van der Waals surface area (Å²) in [6.45, 7) is 5.45. The number of hydrazone groups is 1. The van der Waals surface area contributed by atoms with Crippen molar-refractivity contribution in [2.24, 2.45) is 5.10 Å². The summed E-state index contributed by atoms with van der Waals surface area (Å²) in [5, 5.41) is 15.1. The van der Waals surface area contributed by atoms with Crippen LogP contribution >= 0.6 is 11.6 Å². The molecule has 0 fully saturated rings. The van der Waals surface area contributed by atoms with Crippen molar-refractivity contribution in [3.8, 4) is 0 Å². The SMILES string of the molecule is C/C(=N/Nc1nc(C)cc(C)n1)c1ccc(Cl)c([N+](=O)[O-])c1. The van der Waals surface area contributed by atoms with E-state index in [1.54, 1.807) is 13.0 Å². The minimum Gasteiger partial charge on any atom is -0.258 e. The van der Waals surface area contributed by atoms with Gasteiger partial charge in [0.25, 0.3) is 5.69 Å². The van der Waals surface area contributed by atoms with Crippen LogP contribution in [-0.4, -0.2) is 20.6 Å². The van der Waals surface area contributed by atoms with Crippen molar-refractivity contribution in [3.05, 3.63) is 56.4 Å². The molecule has 114 valence electrons. The maximum atomic E-state index is 10.9. The van der Waals surface area contributed by atoms with E-state index in [2.05, 4.69) is 20.5 Å². The molecule has 1 aromatic heterocycles. The van der Waals surface area contributed by atoms with Crippen LogP contribution in [-0.2, 0) is 0 Å². The van der Waals surface area contributed by atoms with Crippen molar-refractivity contribution in [1.29, 1.82) is 0 Å². The molecule has 8 heteroatoms. The number of nitrogens with zero attached hydrogens (tertiary/aromatic N) is 4. The van der Waals surface area contributed by atoms with Crippen molar-refractivity contribution in [2.75, 3.05) is 5.43 Å². The fraction of sp³-hybridized carbons (Fsp3) is 0.214. The van der Waals surface area contributed by atoms with Gasteiger partial charge in [-0.15, -0.1) is 0 Å². The lowest BCUT2D eigenvalue weighted by molar-refractivity contribution is -0.384. The second kappa shape index (κ2) is 6.48. The number of nitrogens with one attached hydrogen (secondary N) is 1. The molecule has 0 radical (unpaired) electrons. The lowest BCUT2D eigenvalue weighted by Gasteiger charge is -2.05. The molecule has 0 atom stereocenters. The Morgan fingerprint density at radius 2 is 1.91 bits per heavy atom. The fourth-order valence-corrected chi connectivity index (χ4v) is 2.04. The van der Waals surface area contributed by atoms with Crippen LogP contribution < -0.4 is 5.43 Å². The predicted molar refractivity (Wildman–Crippen MR) is 85.4 cm³/mol. The van der Waals surface area contributed by atoms with Gasteiger partial charge in [0.15, 0.2) is 0 Å². The van der Waals surface area contributed by atoms with Gasteiger partial charge in [-0.25, -0.2) is 15.4 Å². The Labute approximate surface area is 132 Å². The van der Waals surface area contributed by atoms with Gasteiger partial charge in [0.2, 0.25) is 5.95 Å². The van der Waals surface area contributed by atoms with Crippen LogP contribution in [0, 0.1) is 24.0 Å². The molecule has 7 nitrogen and oxygen atoms in total. The maximum Gasteiger partial charge on any atom is 0.288 e. The molecule has 1 heterocycles. The molecule has 0 saturated carbocycles. The second-order valence-corrected chi connectivity index (χ2v) is 5.11. The van der Waals surface area contributed by atoms with E-state index in [-0.39, 0.29) is 10.7 Å². The zero-order valence-corrected chi connectivity index (χ0v) is 13.0. The summed E-state index contributed by atoms with van der Waals surface area (Å²) in [6.07, 6.45) is 0. The van der Waals surface area contributed by atoms with E-state index in [4.69, 9.17) is 11.6 Å². The van der Waals surface area contributed by atoms with Crippen molar-refractivity contribution in [2.45, 2.75) is 20.8 Å². The Hall–Kier alpha value is -2.54. The number of rotatable bonds is 4. The number of nitro benzene ring substituents is 1. The Morgan fingerprint density at radius 3 is 2.50 bits per heavy atom. The fourth-order valence-electron chi connectivity index (χ4n) is 1.85. The van der Waals surface area contributed by atoms with Crippen LogP contribution in [0.2, 0.25) is 5.02 Å². The number of hydrogen-bond acceptors (Lipinski definition) is 6. The van der Waals surface area contributed by atoms with Crippen LogP contribution in [0.1, 0.15) is 23.9 Å². The maximum absolute atomic E-state index is 10.9. The third-order valence-corrected chi connectivity index (χ3v) is 3.19. The van der Waals surface area contributed by atoms with Gasteiger partial charge in [-0.05, 0) is 32.9 Å². The van der Waals surface area contributed by atoms with Crippen molar-refractivity contribution < 1.29 is 4.92 Å². The molecule has 0 aliphatic carbocycles. The minimum atomic E-state index is -0.528. The van der Waals surface area contributed by atoms with E-state index in [9.17, 15) is 10.1 Å². The lowest BCUT2D eigenvalue weighted by atomic mass is 10.1. The highest BCUT2D eigenvalue weighted by Gasteiger charge is 2.13. The van der Waals surface area contributed by atoms with Crippen LogP contribution in [0.3, 0.4) is 0 Å². The molecular formula is C14H14ClN5O2. The summed E-state index contributed by atoms with van der Waals surface area (Å²) in [5.41, 5.74) is 5.39. The molecule has 0 aliphatic rings. The van der Waals surface area contributed by atoms with Gasteiger partial charge >= 0.3 is 0 Å². The molecule has 1 N–H and O–H groups in total. The first kappa shape index (κ1) is 15.8. The van der Waals surface area contributed by atoms with Gasteiger partial charge in [0.1, 0.15) is 5.02 Å². The highest BCUT2D eigenvalue weighted by atomic mass is 35.5. The molecule has 2 rings (SSSR count). The zero-order valence-electron chi connectivity index (χ0n) is 12.3. The molecule has 0 amide bonds. The van der Waals surface area contributed by atoms with E-state index in [1.807, 2.05) is 19.9 Å². The topological polar surface area (TPSA) is 93.3 Å². The monoisotopic (exact) mass is 319 g/mol. The smallest absolute Gasteiger partial charge is 0.258 e. The van der Waals surface area contributed by atoms with Crippen LogP contribution in [0.25, 0.3) is 0 Å². The Bertz CT molecular complexity index is 741. The number of anilines is 1. The average molecular weight is 320 g/mol. The standard InChI is InChI=1S/C14H14ClN5O2/c1-8-6-9(2)17-14(16-8)19-18-10(3)11-4-5-12(15)13(7-11)20(21)22/h4-7H,1-3H3,(H,16,17,19)/b18-10-. The Kier molecular flexibility index (Phi) is 4.67. The largest absolute Gasteiger partial charge is 0.288 e. The summed E-state index contributed by atoms with van der Waals surface area (Å²) < 4.78 is 0. The molecule has 2 aromatic rings. The number of halogens is 1. The van der Waals surface area contributed by atoms with Gasteiger partial charge in [0.05, 0.1) is 10.6 Å². The van der Waals surface area contributed by atoms with Crippen molar-refractivity contribution in [3.63, 3.8) is 0 Å². The Balaban J connectivity index is 2.25. The Morgan fingerprint density at radius 1 is 1.27 bits per heavy atom. The van der Waals surface area contributed by atoms with Gasteiger partial charge in [-0.2, -0.15) is 5.10 Å². The first-order valence-electron chi connectivity index (χ1n) is 6.43. The molecule has 22 heavy (non-hydrogen) atoms. The molecule has 0 spiro atoms. The number of aryl methyl sites for hydroxylation is 2. The summed E-state index contributed by atoms with van der Waals surface area (Å²) >= 11 is 5.79. The summed E-state index contributed by atoms with van der Waals surface area (Å²) in [4.78, 5) is 18.8. The zero-order chi connectivity index (χ0) is 16.3. The second-order valence-electron chi connectivity index (χ2n) is 4.71. The van der Waals surface area contributed by atoms with E-state index >= 15 is 0 Å². The normalized spacial score (nSPS) is 11.4. The van der Waals surface area contributed by atoms with E-state index in [1.165, 1.54) is 12.1 Å². The predicted octanol–water partition coefficient (Wildman–Crippen LogP) is 3.49.